The Hall–Kier alpha value is -1.58. The highest BCUT2D eigenvalue weighted by Crippen LogP contribution is 2.22. The zero-order valence-electron chi connectivity index (χ0n) is 10.0. The van der Waals surface area contributed by atoms with Gasteiger partial charge in [0.2, 0.25) is 0 Å². The molecule has 0 aliphatic heterocycles. The van der Waals surface area contributed by atoms with Crippen molar-refractivity contribution in [3.8, 4) is 5.75 Å². The first kappa shape index (κ1) is 14.4. The van der Waals surface area contributed by atoms with Gasteiger partial charge in [-0.05, 0) is 26.0 Å². The number of hydrogen-bond acceptors (Lipinski definition) is 2. The molecule has 0 radical (unpaired) electrons. The van der Waals surface area contributed by atoms with Gasteiger partial charge >= 0.3 is 5.97 Å². The molecule has 0 spiro atoms. The molecule has 4 heteroatoms. The van der Waals surface area contributed by atoms with E-state index in [4.69, 9.17) is 9.84 Å². The molecule has 90 valence electrons. The van der Waals surface area contributed by atoms with Crippen LogP contribution in [0.1, 0.15) is 36.7 Å². The lowest BCUT2D eigenvalue weighted by molar-refractivity contribution is 0.0695. The van der Waals surface area contributed by atoms with Crippen molar-refractivity contribution in [1.82, 2.24) is 0 Å². The first-order valence-electron chi connectivity index (χ1n) is 5.22. The number of hydrogen-bond donors (Lipinski definition) is 1. The van der Waals surface area contributed by atoms with Crippen LogP contribution in [0.2, 0.25) is 0 Å². The lowest BCUT2D eigenvalue weighted by atomic mass is 10.1. The summed E-state index contributed by atoms with van der Waals surface area (Å²) in [6, 6.07) is 2.31. The van der Waals surface area contributed by atoms with Crippen molar-refractivity contribution >= 4 is 5.97 Å². The van der Waals surface area contributed by atoms with Gasteiger partial charge in [-0.1, -0.05) is 13.8 Å². The maximum atomic E-state index is 13.2. The molecule has 1 aromatic carbocycles. The number of carboxylic acids is 1. The Bertz CT molecular complexity index is 362. The summed E-state index contributed by atoms with van der Waals surface area (Å²) in [4.78, 5) is 10.6. The molecule has 0 aliphatic rings. The fourth-order valence-corrected chi connectivity index (χ4v) is 1.08. The van der Waals surface area contributed by atoms with Crippen molar-refractivity contribution in [2.24, 2.45) is 0 Å². The van der Waals surface area contributed by atoms with Gasteiger partial charge in [0.15, 0.2) is 0 Å². The Morgan fingerprint density at radius 3 is 2.44 bits per heavy atom. The zero-order chi connectivity index (χ0) is 12.7. The average Bonchev–Trinajstić information content (AvgIpc) is 2.27. The largest absolute Gasteiger partial charge is 0.493 e. The SMILES string of the molecule is CC.CCOc1cc(C(=O)O)cc(F)c1C. The fraction of sp³-hybridized carbons (Fsp3) is 0.417. The number of rotatable bonds is 3. The molecule has 0 bridgehead atoms. The number of ether oxygens (including phenoxy) is 1. The lowest BCUT2D eigenvalue weighted by Gasteiger charge is -2.08. The number of halogens is 1. The molecule has 3 nitrogen and oxygen atoms in total. The highest BCUT2D eigenvalue weighted by atomic mass is 19.1. The first-order valence-corrected chi connectivity index (χ1v) is 5.22. The third kappa shape index (κ3) is 3.53. The number of aromatic carboxylic acids is 1. The molecule has 0 saturated carbocycles. The summed E-state index contributed by atoms with van der Waals surface area (Å²) in [5, 5.41) is 8.67. The smallest absolute Gasteiger partial charge is 0.335 e. The van der Waals surface area contributed by atoms with E-state index in [1.54, 1.807) is 13.8 Å². The second-order valence-corrected chi connectivity index (χ2v) is 2.82. The van der Waals surface area contributed by atoms with Gasteiger partial charge in [0.05, 0.1) is 12.2 Å². The van der Waals surface area contributed by atoms with Crippen LogP contribution in [0.3, 0.4) is 0 Å². The standard InChI is InChI=1S/C10H11FO3.C2H6/c1-3-14-9-5-7(10(12)13)4-8(11)6(9)2;1-2/h4-5H,3H2,1-2H3,(H,12,13);1-2H3. The van der Waals surface area contributed by atoms with Crippen molar-refractivity contribution in [3.05, 3.63) is 29.1 Å². The van der Waals surface area contributed by atoms with Gasteiger partial charge in [0.25, 0.3) is 0 Å². The van der Waals surface area contributed by atoms with Gasteiger partial charge in [-0.3, -0.25) is 0 Å². The minimum Gasteiger partial charge on any atom is -0.493 e. The number of carbonyl (C=O) groups is 1. The van der Waals surface area contributed by atoms with Crippen LogP contribution in [0.15, 0.2) is 12.1 Å². The molecule has 0 aromatic heterocycles. The fourth-order valence-electron chi connectivity index (χ4n) is 1.08. The van der Waals surface area contributed by atoms with Crippen LogP contribution in [-0.2, 0) is 0 Å². The van der Waals surface area contributed by atoms with E-state index in [-0.39, 0.29) is 11.3 Å². The molecule has 0 aliphatic carbocycles. The average molecular weight is 228 g/mol. The monoisotopic (exact) mass is 228 g/mol. The molecule has 0 atom stereocenters. The number of benzene rings is 1. The van der Waals surface area contributed by atoms with Crippen molar-refractivity contribution in [2.45, 2.75) is 27.7 Å². The van der Waals surface area contributed by atoms with Crippen molar-refractivity contribution < 1.29 is 19.0 Å². The molecule has 1 N–H and O–H groups in total. The van der Waals surface area contributed by atoms with E-state index in [9.17, 15) is 9.18 Å². The summed E-state index contributed by atoms with van der Waals surface area (Å²) in [7, 11) is 0. The third-order valence-electron chi connectivity index (χ3n) is 1.84. The highest BCUT2D eigenvalue weighted by molar-refractivity contribution is 5.88. The Kier molecular flexibility index (Phi) is 6.15. The normalized spacial score (nSPS) is 9.06. The Labute approximate surface area is 94.9 Å². The van der Waals surface area contributed by atoms with E-state index < -0.39 is 11.8 Å². The number of carboxylic acid groups (broad SMARTS) is 1. The van der Waals surface area contributed by atoms with Crippen LogP contribution < -0.4 is 4.74 Å². The molecule has 1 aromatic rings. The van der Waals surface area contributed by atoms with E-state index in [0.29, 0.717) is 12.2 Å². The predicted molar refractivity (Wildman–Crippen MR) is 60.6 cm³/mol. The van der Waals surface area contributed by atoms with E-state index in [1.165, 1.54) is 6.07 Å². The van der Waals surface area contributed by atoms with Crippen LogP contribution in [0.5, 0.6) is 5.75 Å². The topological polar surface area (TPSA) is 46.5 Å². The molecule has 0 amide bonds. The second-order valence-electron chi connectivity index (χ2n) is 2.82. The van der Waals surface area contributed by atoms with Gasteiger partial charge < -0.3 is 9.84 Å². The summed E-state index contributed by atoms with van der Waals surface area (Å²) in [5.41, 5.74) is 0.230. The molecule has 1 rings (SSSR count). The molecular weight excluding hydrogens is 211 g/mol. The van der Waals surface area contributed by atoms with Crippen molar-refractivity contribution in [3.63, 3.8) is 0 Å². The Morgan fingerprint density at radius 1 is 1.44 bits per heavy atom. The Balaban J connectivity index is 0.00000106. The summed E-state index contributed by atoms with van der Waals surface area (Å²) >= 11 is 0. The summed E-state index contributed by atoms with van der Waals surface area (Å²) in [6.45, 7) is 7.68. The summed E-state index contributed by atoms with van der Waals surface area (Å²) in [5.74, 6) is -1.44. The van der Waals surface area contributed by atoms with Crippen LogP contribution in [0, 0.1) is 12.7 Å². The van der Waals surface area contributed by atoms with Crippen LogP contribution in [-0.4, -0.2) is 17.7 Å². The zero-order valence-corrected chi connectivity index (χ0v) is 10.0. The van der Waals surface area contributed by atoms with Crippen molar-refractivity contribution in [2.75, 3.05) is 6.61 Å². The third-order valence-corrected chi connectivity index (χ3v) is 1.84. The van der Waals surface area contributed by atoms with Gasteiger partial charge in [-0.15, -0.1) is 0 Å². The second kappa shape index (κ2) is 6.82. The minimum absolute atomic E-state index is 0.100. The molecular formula is C12H17FO3. The van der Waals surface area contributed by atoms with E-state index in [1.807, 2.05) is 13.8 Å². The Morgan fingerprint density at radius 2 is 2.00 bits per heavy atom. The quantitative estimate of drug-likeness (QED) is 0.863. The highest BCUT2D eigenvalue weighted by Gasteiger charge is 2.11. The minimum atomic E-state index is -1.16. The van der Waals surface area contributed by atoms with Crippen LogP contribution >= 0.6 is 0 Å². The molecule has 0 fully saturated rings. The molecule has 0 heterocycles. The van der Waals surface area contributed by atoms with Gasteiger partial charge in [-0.25, -0.2) is 9.18 Å². The van der Waals surface area contributed by atoms with Gasteiger partial charge in [0.1, 0.15) is 11.6 Å². The first-order chi connectivity index (χ1) is 7.56. The van der Waals surface area contributed by atoms with E-state index in [2.05, 4.69) is 0 Å². The van der Waals surface area contributed by atoms with Gasteiger partial charge in [0, 0.05) is 5.56 Å². The lowest BCUT2D eigenvalue weighted by Crippen LogP contribution is -2.02. The van der Waals surface area contributed by atoms with Gasteiger partial charge in [-0.2, -0.15) is 0 Å². The molecule has 0 unspecified atom stereocenters. The van der Waals surface area contributed by atoms with Crippen molar-refractivity contribution in [1.29, 1.82) is 0 Å². The summed E-state index contributed by atoms with van der Waals surface area (Å²) in [6.07, 6.45) is 0. The van der Waals surface area contributed by atoms with Crippen LogP contribution in [0.25, 0.3) is 0 Å². The predicted octanol–water partition coefficient (Wildman–Crippen LogP) is 3.26. The van der Waals surface area contributed by atoms with E-state index >= 15 is 0 Å². The van der Waals surface area contributed by atoms with Crippen LogP contribution in [0.4, 0.5) is 4.39 Å². The molecule has 0 saturated heterocycles. The maximum absolute atomic E-state index is 13.2. The maximum Gasteiger partial charge on any atom is 0.335 e. The van der Waals surface area contributed by atoms with E-state index in [0.717, 1.165) is 6.07 Å². The molecule has 16 heavy (non-hydrogen) atoms. The summed E-state index contributed by atoms with van der Waals surface area (Å²) < 4.78 is 18.3.